The minimum atomic E-state index is 0.528. The van der Waals surface area contributed by atoms with Gasteiger partial charge in [-0.3, -0.25) is 0 Å². The molecule has 0 aliphatic rings. The van der Waals surface area contributed by atoms with Crippen molar-refractivity contribution in [2.45, 2.75) is 32.2 Å². The van der Waals surface area contributed by atoms with Crippen LogP contribution in [0.4, 0.5) is 0 Å². The third kappa shape index (κ3) is 4.79. The van der Waals surface area contributed by atoms with Crippen molar-refractivity contribution in [1.29, 1.82) is 0 Å². The van der Waals surface area contributed by atoms with Gasteiger partial charge in [0, 0.05) is 6.04 Å². The fourth-order valence-corrected chi connectivity index (χ4v) is 0.997. The molecule has 0 saturated heterocycles. The zero-order chi connectivity index (χ0) is 8.69. The Hall–Kier alpha value is -0.560. The Bertz CT molecular complexity index is 127. The molecule has 0 saturated carbocycles. The zero-order valence-electron chi connectivity index (χ0n) is 7.69. The van der Waals surface area contributed by atoms with Crippen molar-refractivity contribution < 1.29 is 0 Å². The summed E-state index contributed by atoms with van der Waals surface area (Å²) in [5, 5.41) is 3.24. The van der Waals surface area contributed by atoms with Crippen LogP contribution in [0.5, 0.6) is 0 Å². The molecule has 1 atom stereocenters. The highest BCUT2D eigenvalue weighted by Crippen LogP contribution is 2.09. The Labute approximate surface area is 70.2 Å². The van der Waals surface area contributed by atoms with E-state index in [2.05, 4.69) is 25.4 Å². The normalized spacial score (nSPS) is 12.5. The molecule has 0 aliphatic carbocycles. The van der Waals surface area contributed by atoms with E-state index in [9.17, 15) is 0 Å². The Morgan fingerprint density at radius 3 is 2.64 bits per heavy atom. The second-order valence-electron chi connectivity index (χ2n) is 2.82. The summed E-state index contributed by atoms with van der Waals surface area (Å²) in [7, 11) is 1.98. The van der Waals surface area contributed by atoms with E-state index >= 15 is 0 Å². The van der Waals surface area contributed by atoms with Gasteiger partial charge in [-0.1, -0.05) is 25.2 Å². The maximum atomic E-state index is 3.97. The smallest absolute Gasteiger partial charge is 0.0135 e. The maximum absolute atomic E-state index is 3.97. The summed E-state index contributed by atoms with van der Waals surface area (Å²) >= 11 is 0. The van der Waals surface area contributed by atoms with Gasteiger partial charge in [0.1, 0.15) is 0 Å². The molecule has 0 heterocycles. The molecule has 0 spiro atoms. The van der Waals surface area contributed by atoms with E-state index in [1.54, 1.807) is 0 Å². The molecular formula is C10H19N. The van der Waals surface area contributed by atoms with E-state index in [0.29, 0.717) is 6.04 Å². The predicted octanol–water partition coefficient (Wildman–Crippen LogP) is 2.51. The number of hydrogen-bond donors (Lipinski definition) is 1. The van der Waals surface area contributed by atoms with Crippen molar-refractivity contribution in [3.8, 4) is 0 Å². The molecule has 0 aromatic rings. The lowest BCUT2D eigenvalue weighted by Crippen LogP contribution is -2.24. The van der Waals surface area contributed by atoms with E-state index in [1.807, 2.05) is 13.1 Å². The first-order valence-electron chi connectivity index (χ1n) is 4.19. The average Bonchev–Trinajstić information content (AvgIpc) is 2.03. The average molecular weight is 153 g/mol. The quantitative estimate of drug-likeness (QED) is 0.578. The van der Waals surface area contributed by atoms with Gasteiger partial charge in [-0.2, -0.15) is 0 Å². The summed E-state index contributed by atoms with van der Waals surface area (Å²) in [5.74, 6) is 0. The topological polar surface area (TPSA) is 12.0 Å². The highest BCUT2D eigenvalue weighted by Gasteiger charge is 2.03. The van der Waals surface area contributed by atoms with Gasteiger partial charge in [0.05, 0.1) is 0 Å². The van der Waals surface area contributed by atoms with Crippen LogP contribution in [0, 0.1) is 0 Å². The van der Waals surface area contributed by atoms with Gasteiger partial charge in [-0.25, -0.2) is 0 Å². The molecule has 1 unspecified atom stereocenters. The lowest BCUT2D eigenvalue weighted by molar-refractivity contribution is 0.558. The summed E-state index contributed by atoms with van der Waals surface area (Å²) in [6, 6.07) is 0.528. The first-order valence-corrected chi connectivity index (χ1v) is 4.19. The van der Waals surface area contributed by atoms with Crippen molar-refractivity contribution in [2.75, 3.05) is 7.05 Å². The first kappa shape index (κ1) is 10.4. The summed E-state index contributed by atoms with van der Waals surface area (Å²) in [6.45, 7) is 9.82. The van der Waals surface area contributed by atoms with Crippen LogP contribution in [0.25, 0.3) is 0 Å². The molecule has 0 amide bonds. The zero-order valence-corrected chi connectivity index (χ0v) is 7.69. The van der Waals surface area contributed by atoms with E-state index in [-0.39, 0.29) is 0 Å². The van der Waals surface area contributed by atoms with Crippen LogP contribution in [-0.2, 0) is 0 Å². The summed E-state index contributed by atoms with van der Waals surface area (Å²) < 4.78 is 0. The largest absolute Gasteiger partial charge is 0.316 e. The Balaban J connectivity index is 3.67. The summed E-state index contributed by atoms with van der Waals surface area (Å²) in [5.41, 5.74) is 1.31. The molecule has 11 heavy (non-hydrogen) atoms. The van der Waals surface area contributed by atoms with E-state index in [4.69, 9.17) is 0 Å². The molecule has 0 bridgehead atoms. The Kier molecular flexibility index (Phi) is 5.86. The molecule has 0 fully saturated rings. The summed E-state index contributed by atoms with van der Waals surface area (Å²) in [4.78, 5) is 0. The molecule has 1 heteroatoms. The molecule has 0 rings (SSSR count). The molecule has 1 nitrogen and oxygen atoms in total. The van der Waals surface area contributed by atoms with Gasteiger partial charge < -0.3 is 5.32 Å². The van der Waals surface area contributed by atoms with Crippen molar-refractivity contribution in [3.05, 3.63) is 24.8 Å². The van der Waals surface area contributed by atoms with Crippen LogP contribution >= 0.6 is 0 Å². The van der Waals surface area contributed by atoms with E-state index in [1.165, 1.54) is 5.57 Å². The minimum absolute atomic E-state index is 0.528. The Morgan fingerprint density at radius 1 is 1.64 bits per heavy atom. The molecular weight excluding hydrogens is 134 g/mol. The maximum Gasteiger partial charge on any atom is 0.0135 e. The lowest BCUT2D eigenvalue weighted by atomic mass is 10.0. The molecule has 0 aliphatic heterocycles. The van der Waals surface area contributed by atoms with Gasteiger partial charge in [0.25, 0.3) is 0 Å². The standard InChI is InChI=1S/C10H19N/c1-5-7-10(11-4)8-9(3)6-2/h5,10-11H,1,3,6-8H2,2,4H3. The lowest BCUT2D eigenvalue weighted by Gasteiger charge is -2.14. The van der Waals surface area contributed by atoms with Crippen LogP contribution in [0.1, 0.15) is 26.2 Å². The van der Waals surface area contributed by atoms with Crippen molar-refractivity contribution in [3.63, 3.8) is 0 Å². The van der Waals surface area contributed by atoms with Crippen molar-refractivity contribution in [1.82, 2.24) is 5.32 Å². The number of rotatable bonds is 6. The van der Waals surface area contributed by atoms with Crippen LogP contribution in [0.3, 0.4) is 0 Å². The molecule has 1 N–H and O–H groups in total. The second kappa shape index (κ2) is 6.17. The first-order chi connectivity index (χ1) is 5.24. The highest BCUT2D eigenvalue weighted by molar-refractivity contribution is 4.97. The molecule has 0 aromatic carbocycles. The van der Waals surface area contributed by atoms with Gasteiger partial charge in [0.2, 0.25) is 0 Å². The fourth-order valence-electron chi connectivity index (χ4n) is 0.997. The predicted molar refractivity (Wildman–Crippen MR) is 51.7 cm³/mol. The van der Waals surface area contributed by atoms with Crippen LogP contribution in [-0.4, -0.2) is 13.1 Å². The van der Waals surface area contributed by atoms with Gasteiger partial charge in [-0.15, -0.1) is 6.58 Å². The highest BCUT2D eigenvalue weighted by atomic mass is 14.9. The van der Waals surface area contributed by atoms with E-state index in [0.717, 1.165) is 19.3 Å². The third-order valence-corrected chi connectivity index (χ3v) is 1.89. The number of hydrogen-bond acceptors (Lipinski definition) is 1. The van der Waals surface area contributed by atoms with E-state index < -0.39 is 0 Å². The van der Waals surface area contributed by atoms with Gasteiger partial charge in [-0.05, 0) is 26.3 Å². The third-order valence-electron chi connectivity index (χ3n) is 1.89. The van der Waals surface area contributed by atoms with Crippen molar-refractivity contribution >= 4 is 0 Å². The van der Waals surface area contributed by atoms with Gasteiger partial charge >= 0.3 is 0 Å². The van der Waals surface area contributed by atoms with Crippen LogP contribution in [0.15, 0.2) is 24.8 Å². The SMILES string of the molecule is C=CCC(CC(=C)CC)NC. The Morgan fingerprint density at radius 2 is 2.27 bits per heavy atom. The molecule has 0 radical (unpaired) electrons. The van der Waals surface area contributed by atoms with Crippen molar-refractivity contribution in [2.24, 2.45) is 0 Å². The fraction of sp³-hybridized carbons (Fsp3) is 0.600. The van der Waals surface area contributed by atoms with Gasteiger partial charge in [0.15, 0.2) is 0 Å². The molecule has 64 valence electrons. The van der Waals surface area contributed by atoms with Crippen LogP contribution < -0.4 is 5.32 Å². The minimum Gasteiger partial charge on any atom is -0.316 e. The second-order valence-corrected chi connectivity index (χ2v) is 2.82. The summed E-state index contributed by atoms with van der Waals surface area (Å²) in [6.07, 6.45) is 5.12. The number of nitrogens with one attached hydrogen (secondary N) is 1. The molecule has 0 aromatic heterocycles. The monoisotopic (exact) mass is 153 g/mol. The van der Waals surface area contributed by atoms with Crippen LogP contribution in [0.2, 0.25) is 0 Å².